The normalized spacial score (nSPS) is 15.5. The van der Waals surface area contributed by atoms with Crippen LogP contribution in [-0.2, 0) is 13.0 Å². The van der Waals surface area contributed by atoms with Gasteiger partial charge in [0, 0.05) is 11.4 Å². The highest BCUT2D eigenvalue weighted by Gasteiger charge is 2.19. The van der Waals surface area contributed by atoms with Crippen LogP contribution in [-0.4, -0.2) is 26.1 Å². The van der Waals surface area contributed by atoms with Crippen molar-refractivity contribution in [1.82, 2.24) is 24.9 Å². The first-order valence-electron chi connectivity index (χ1n) is 5.41. The molecule has 4 heterocycles. The molecular formula is C10H9N5OS. The van der Waals surface area contributed by atoms with Crippen molar-refractivity contribution < 1.29 is 0 Å². The van der Waals surface area contributed by atoms with Crippen molar-refractivity contribution >= 4 is 27.2 Å². The van der Waals surface area contributed by atoms with E-state index in [-0.39, 0.29) is 5.69 Å². The molecule has 0 amide bonds. The maximum Gasteiger partial charge on any atom is 0.349 e. The Labute approximate surface area is 99.3 Å². The molecule has 0 radical (unpaired) electrons. The van der Waals surface area contributed by atoms with Gasteiger partial charge in [-0.25, -0.2) is 9.78 Å². The Morgan fingerprint density at radius 1 is 1.47 bits per heavy atom. The number of nitrogens with zero attached hydrogens (tertiary/aromatic N) is 3. The van der Waals surface area contributed by atoms with Crippen LogP contribution in [0.25, 0.3) is 15.9 Å². The van der Waals surface area contributed by atoms with Crippen molar-refractivity contribution in [3.8, 4) is 0 Å². The van der Waals surface area contributed by atoms with Crippen LogP contribution in [0.4, 0.5) is 0 Å². The molecule has 2 N–H and O–H groups in total. The highest BCUT2D eigenvalue weighted by Crippen LogP contribution is 2.32. The summed E-state index contributed by atoms with van der Waals surface area (Å²) in [5.74, 6) is 0. The Balaban J connectivity index is 2.27. The standard InChI is InChI=1S/C10H9N5OS/c16-10-14-9-7(8-12-4-13-15(8)10)5-1-2-11-3-6(5)17-9/h4,11H,1-3H2,(H,14,16). The molecule has 1 aliphatic heterocycles. The summed E-state index contributed by atoms with van der Waals surface area (Å²) in [6.45, 7) is 1.84. The third kappa shape index (κ3) is 1.15. The van der Waals surface area contributed by atoms with Gasteiger partial charge in [0.25, 0.3) is 0 Å². The molecule has 0 aliphatic carbocycles. The Bertz CT molecular complexity index is 783. The van der Waals surface area contributed by atoms with Gasteiger partial charge >= 0.3 is 5.69 Å². The maximum absolute atomic E-state index is 11.8. The van der Waals surface area contributed by atoms with Gasteiger partial charge < -0.3 is 5.32 Å². The van der Waals surface area contributed by atoms with Crippen LogP contribution in [0.1, 0.15) is 10.4 Å². The van der Waals surface area contributed by atoms with Crippen LogP contribution in [0, 0.1) is 0 Å². The van der Waals surface area contributed by atoms with Gasteiger partial charge in [-0.2, -0.15) is 9.61 Å². The number of hydrogen-bond donors (Lipinski definition) is 2. The zero-order valence-corrected chi connectivity index (χ0v) is 9.67. The van der Waals surface area contributed by atoms with Gasteiger partial charge in [-0.3, -0.25) is 4.98 Å². The van der Waals surface area contributed by atoms with Gasteiger partial charge in [0.15, 0.2) is 5.65 Å². The highest BCUT2D eigenvalue weighted by molar-refractivity contribution is 7.19. The molecule has 0 spiro atoms. The summed E-state index contributed by atoms with van der Waals surface area (Å²) in [5.41, 5.74) is 1.75. The van der Waals surface area contributed by atoms with Crippen LogP contribution >= 0.6 is 11.3 Å². The van der Waals surface area contributed by atoms with Gasteiger partial charge in [0.05, 0.1) is 5.39 Å². The third-order valence-corrected chi connectivity index (χ3v) is 4.26. The van der Waals surface area contributed by atoms with Gasteiger partial charge in [0.1, 0.15) is 11.2 Å². The molecule has 0 fully saturated rings. The van der Waals surface area contributed by atoms with E-state index in [4.69, 9.17) is 0 Å². The molecule has 1 aliphatic rings. The summed E-state index contributed by atoms with van der Waals surface area (Å²) < 4.78 is 1.33. The molecule has 86 valence electrons. The molecular weight excluding hydrogens is 238 g/mol. The van der Waals surface area contributed by atoms with E-state index in [2.05, 4.69) is 20.4 Å². The number of fused-ring (bicyclic) bond motifs is 5. The van der Waals surface area contributed by atoms with E-state index in [1.165, 1.54) is 21.3 Å². The number of hydrogen-bond acceptors (Lipinski definition) is 5. The predicted molar refractivity (Wildman–Crippen MR) is 64.4 cm³/mol. The van der Waals surface area contributed by atoms with Crippen LogP contribution < -0.4 is 11.0 Å². The monoisotopic (exact) mass is 247 g/mol. The first-order valence-corrected chi connectivity index (χ1v) is 6.23. The number of nitrogens with one attached hydrogen (secondary N) is 2. The first-order chi connectivity index (χ1) is 8.34. The van der Waals surface area contributed by atoms with Gasteiger partial charge in [-0.1, -0.05) is 0 Å². The second-order valence-electron chi connectivity index (χ2n) is 4.06. The summed E-state index contributed by atoms with van der Waals surface area (Å²) in [4.78, 5) is 21.0. The molecule has 6 nitrogen and oxygen atoms in total. The fourth-order valence-electron chi connectivity index (χ4n) is 2.37. The smallest absolute Gasteiger partial charge is 0.312 e. The van der Waals surface area contributed by atoms with Crippen molar-refractivity contribution in [2.24, 2.45) is 0 Å². The first kappa shape index (κ1) is 9.32. The van der Waals surface area contributed by atoms with Crippen LogP contribution in [0.15, 0.2) is 11.1 Å². The summed E-state index contributed by atoms with van der Waals surface area (Å²) in [6.07, 6.45) is 2.40. The largest absolute Gasteiger partial charge is 0.349 e. The molecule has 4 rings (SSSR count). The SMILES string of the molecule is O=c1[nH]c2sc3c(c2c2ncnn12)CCNC3. The third-order valence-electron chi connectivity index (χ3n) is 3.11. The van der Waals surface area contributed by atoms with Crippen molar-refractivity contribution in [2.75, 3.05) is 6.54 Å². The number of aromatic nitrogens is 4. The molecule has 0 aromatic carbocycles. The molecule has 0 unspecified atom stereocenters. The number of thiophene rings is 1. The van der Waals surface area contributed by atoms with E-state index in [9.17, 15) is 4.79 Å². The lowest BCUT2D eigenvalue weighted by Crippen LogP contribution is -2.22. The fraction of sp³-hybridized carbons (Fsp3) is 0.300. The van der Waals surface area contributed by atoms with Crippen LogP contribution in [0.2, 0.25) is 0 Å². The van der Waals surface area contributed by atoms with E-state index in [0.717, 1.165) is 29.7 Å². The highest BCUT2D eigenvalue weighted by atomic mass is 32.1. The molecule has 7 heteroatoms. The minimum Gasteiger partial charge on any atom is -0.312 e. The lowest BCUT2D eigenvalue weighted by molar-refractivity contribution is 0.657. The summed E-state index contributed by atoms with van der Waals surface area (Å²) in [6, 6.07) is 0. The molecule has 0 atom stereocenters. The molecule has 3 aromatic rings. The van der Waals surface area contributed by atoms with Crippen molar-refractivity contribution in [3.05, 3.63) is 27.3 Å². The summed E-state index contributed by atoms with van der Waals surface area (Å²) >= 11 is 1.63. The Morgan fingerprint density at radius 2 is 2.41 bits per heavy atom. The van der Waals surface area contributed by atoms with E-state index in [0.29, 0.717) is 5.65 Å². The van der Waals surface area contributed by atoms with E-state index >= 15 is 0 Å². The Kier molecular flexibility index (Phi) is 1.72. The lowest BCUT2D eigenvalue weighted by Gasteiger charge is -2.11. The lowest BCUT2D eigenvalue weighted by atomic mass is 10.1. The van der Waals surface area contributed by atoms with Crippen molar-refractivity contribution in [1.29, 1.82) is 0 Å². The van der Waals surface area contributed by atoms with E-state index < -0.39 is 0 Å². The summed E-state index contributed by atoms with van der Waals surface area (Å²) in [7, 11) is 0. The Morgan fingerprint density at radius 3 is 3.35 bits per heavy atom. The minimum absolute atomic E-state index is 0.225. The van der Waals surface area contributed by atoms with Gasteiger partial charge in [-0.05, 0) is 18.5 Å². The van der Waals surface area contributed by atoms with Crippen LogP contribution in [0.3, 0.4) is 0 Å². The number of aromatic amines is 1. The van der Waals surface area contributed by atoms with Crippen molar-refractivity contribution in [2.45, 2.75) is 13.0 Å². The molecule has 0 saturated carbocycles. The maximum atomic E-state index is 11.8. The fourth-order valence-corrected chi connectivity index (χ4v) is 3.57. The van der Waals surface area contributed by atoms with Crippen molar-refractivity contribution in [3.63, 3.8) is 0 Å². The predicted octanol–water partition coefficient (Wildman–Crippen LogP) is 0.278. The zero-order chi connectivity index (χ0) is 11.4. The second kappa shape index (κ2) is 3.14. The number of rotatable bonds is 0. The average Bonchev–Trinajstić information content (AvgIpc) is 2.90. The van der Waals surface area contributed by atoms with E-state index in [1.807, 2.05) is 0 Å². The van der Waals surface area contributed by atoms with E-state index in [1.54, 1.807) is 11.3 Å². The zero-order valence-electron chi connectivity index (χ0n) is 8.86. The average molecular weight is 247 g/mol. The molecule has 0 bridgehead atoms. The van der Waals surface area contributed by atoms with Gasteiger partial charge in [-0.15, -0.1) is 11.3 Å². The van der Waals surface area contributed by atoms with Gasteiger partial charge in [0.2, 0.25) is 0 Å². The Hall–Kier alpha value is -1.73. The number of H-pyrrole nitrogens is 1. The van der Waals surface area contributed by atoms with Crippen LogP contribution in [0.5, 0.6) is 0 Å². The topological polar surface area (TPSA) is 75.1 Å². The minimum atomic E-state index is -0.225. The molecule has 0 saturated heterocycles. The molecule has 17 heavy (non-hydrogen) atoms. The second-order valence-corrected chi connectivity index (χ2v) is 5.17. The molecule has 3 aromatic heterocycles. The summed E-state index contributed by atoms with van der Waals surface area (Å²) in [5, 5.41) is 8.34. The quantitative estimate of drug-likeness (QED) is 0.598.